The highest BCUT2D eigenvalue weighted by Gasteiger charge is 2.19. The molecular weight excluding hydrogens is 246 g/mol. The molecule has 0 saturated carbocycles. The molecule has 1 rings (SSSR count). The van der Waals surface area contributed by atoms with Crippen LogP contribution < -0.4 is 5.32 Å². The third-order valence-electron chi connectivity index (χ3n) is 2.91. The topological polar surface area (TPSA) is 99.2 Å². The Morgan fingerprint density at radius 3 is 2.68 bits per heavy atom. The zero-order valence-corrected chi connectivity index (χ0v) is 11.0. The Balaban J connectivity index is 3.06. The van der Waals surface area contributed by atoms with Crippen LogP contribution in [-0.2, 0) is 0 Å². The molecule has 2 N–H and O–H groups in total. The Labute approximate surface area is 111 Å². The largest absolute Gasteiger partial charge is 0.396 e. The van der Waals surface area contributed by atoms with E-state index in [4.69, 9.17) is 10.4 Å². The summed E-state index contributed by atoms with van der Waals surface area (Å²) in [5, 5.41) is 31.8. The Bertz CT molecular complexity index is 494. The van der Waals surface area contributed by atoms with Crippen molar-refractivity contribution in [1.82, 2.24) is 0 Å². The summed E-state index contributed by atoms with van der Waals surface area (Å²) in [6.45, 7) is 3.96. The molecular formula is C13H17N3O3. The minimum Gasteiger partial charge on any atom is -0.396 e. The standard InChI is InChI=1S/C13H17N3O3/c1-9(2)11(5-6-17)15-12-4-3-10(8-14)7-13(12)16(18)19/h3-4,7,9,11,15,17H,5-6H2,1-2H3. The van der Waals surface area contributed by atoms with Crippen LogP contribution in [0.4, 0.5) is 11.4 Å². The van der Waals surface area contributed by atoms with Crippen molar-refractivity contribution in [3.63, 3.8) is 0 Å². The number of nitro benzene ring substituents is 1. The first-order chi connectivity index (χ1) is 8.99. The summed E-state index contributed by atoms with van der Waals surface area (Å²) in [4.78, 5) is 10.5. The third kappa shape index (κ3) is 3.93. The fraction of sp³-hybridized carbons (Fsp3) is 0.462. The van der Waals surface area contributed by atoms with Gasteiger partial charge in [0.1, 0.15) is 5.69 Å². The molecule has 0 saturated heterocycles. The molecule has 0 aliphatic carbocycles. The highest BCUT2D eigenvalue weighted by molar-refractivity contribution is 5.64. The van der Waals surface area contributed by atoms with Gasteiger partial charge in [0.25, 0.3) is 5.69 Å². The SMILES string of the molecule is CC(C)C(CCO)Nc1ccc(C#N)cc1[N+](=O)[O-]. The van der Waals surface area contributed by atoms with E-state index >= 15 is 0 Å². The summed E-state index contributed by atoms with van der Waals surface area (Å²) < 4.78 is 0. The Morgan fingerprint density at radius 1 is 1.53 bits per heavy atom. The van der Waals surface area contributed by atoms with Gasteiger partial charge >= 0.3 is 0 Å². The van der Waals surface area contributed by atoms with Crippen molar-refractivity contribution in [3.8, 4) is 6.07 Å². The number of hydrogen-bond acceptors (Lipinski definition) is 5. The highest BCUT2D eigenvalue weighted by atomic mass is 16.6. The van der Waals surface area contributed by atoms with Crippen molar-refractivity contribution in [2.45, 2.75) is 26.3 Å². The number of anilines is 1. The second-order valence-corrected chi connectivity index (χ2v) is 4.61. The molecule has 102 valence electrons. The van der Waals surface area contributed by atoms with Crippen LogP contribution in [0.25, 0.3) is 0 Å². The predicted octanol–water partition coefficient (Wildman–Crippen LogP) is 2.29. The van der Waals surface area contributed by atoms with Crippen LogP contribution in [-0.4, -0.2) is 22.7 Å². The number of benzene rings is 1. The number of nitrogens with one attached hydrogen (secondary N) is 1. The van der Waals surface area contributed by atoms with Crippen LogP contribution in [0.1, 0.15) is 25.8 Å². The lowest BCUT2D eigenvalue weighted by molar-refractivity contribution is -0.384. The summed E-state index contributed by atoms with van der Waals surface area (Å²) >= 11 is 0. The van der Waals surface area contributed by atoms with Crippen LogP contribution in [0.15, 0.2) is 18.2 Å². The Morgan fingerprint density at radius 2 is 2.21 bits per heavy atom. The number of nitriles is 1. The summed E-state index contributed by atoms with van der Waals surface area (Å²) in [7, 11) is 0. The summed E-state index contributed by atoms with van der Waals surface area (Å²) in [5.41, 5.74) is 0.499. The maximum atomic E-state index is 11.0. The van der Waals surface area contributed by atoms with Crippen LogP contribution in [0.3, 0.4) is 0 Å². The quantitative estimate of drug-likeness (QED) is 0.606. The van der Waals surface area contributed by atoms with E-state index < -0.39 is 4.92 Å². The lowest BCUT2D eigenvalue weighted by Gasteiger charge is -2.22. The fourth-order valence-electron chi connectivity index (χ4n) is 1.79. The number of rotatable bonds is 6. The molecule has 0 bridgehead atoms. The number of aliphatic hydroxyl groups excluding tert-OH is 1. The average molecular weight is 263 g/mol. The molecule has 0 radical (unpaired) electrons. The average Bonchev–Trinajstić information content (AvgIpc) is 2.38. The van der Waals surface area contributed by atoms with E-state index in [-0.39, 0.29) is 29.8 Å². The molecule has 6 heteroatoms. The van der Waals surface area contributed by atoms with Crippen molar-refractivity contribution in [1.29, 1.82) is 5.26 Å². The Kier molecular flexibility index (Phi) is 5.27. The monoisotopic (exact) mass is 263 g/mol. The summed E-state index contributed by atoms with van der Waals surface area (Å²) in [5.74, 6) is 0.224. The molecule has 0 aliphatic heterocycles. The molecule has 1 aromatic rings. The lowest BCUT2D eigenvalue weighted by Crippen LogP contribution is -2.27. The van der Waals surface area contributed by atoms with Gasteiger partial charge in [-0.05, 0) is 24.5 Å². The zero-order valence-electron chi connectivity index (χ0n) is 11.0. The molecule has 0 fully saturated rings. The second-order valence-electron chi connectivity index (χ2n) is 4.61. The van der Waals surface area contributed by atoms with Gasteiger partial charge in [-0.3, -0.25) is 10.1 Å². The smallest absolute Gasteiger partial charge is 0.293 e. The maximum Gasteiger partial charge on any atom is 0.293 e. The molecule has 1 unspecified atom stereocenters. The summed E-state index contributed by atoms with van der Waals surface area (Å²) in [6.07, 6.45) is 0.509. The van der Waals surface area contributed by atoms with Gasteiger partial charge in [0.2, 0.25) is 0 Å². The molecule has 1 aromatic carbocycles. The molecule has 0 spiro atoms. The van der Waals surface area contributed by atoms with Crippen molar-refractivity contribution in [3.05, 3.63) is 33.9 Å². The number of aliphatic hydroxyl groups is 1. The minimum atomic E-state index is -0.514. The second kappa shape index (κ2) is 6.71. The predicted molar refractivity (Wildman–Crippen MR) is 71.8 cm³/mol. The molecule has 1 atom stereocenters. The zero-order chi connectivity index (χ0) is 14.4. The van der Waals surface area contributed by atoms with Gasteiger partial charge in [-0.2, -0.15) is 5.26 Å². The first-order valence-corrected chi connectivity index (χ1v) is 6.05. The van der Waals surface area contributed by atoms with Gasteiger partial charge in [-0.25, -0.2) is 0 Å². The van der Waals surface area contributed by atoms with E-state index in [0.717, 1.165) is 0 Å². The van der Waals surface area contributed by atoms with Gasteiger partial charge in [0.15, 0.2) is 0 Å². The molecule has 6 nitrogen and oxygen atoms in total. The molecule has 0 heterocycles. The normalized spacial score (nSPS) is 11.9. The third-order valence-corrected chi connectivity index (χ3v) is 2.91. The fourth-order valence-corrected chi connectivity index (χ4v) is 1.79. The first kappa shape index (κ1) is 14.9. The van der Waals surface area contributed by atoms with Gasteiger partial charge in [-0.15, -0.1) is 0 Å². The number of nitro groups is 1. The van der Waals surface area contributed by atoms with E-state index in [1.165, 1.54) is 18.2 Å². The van der Waals surface area contributed by atoms with Crippen molar-refractivity contribution >= 4 is 11.4 Å². The van der Waals surface area contributed by atoms with Crippen LogP contribution in [0, 0.1) is 27.4 Å². The van der Waals surface area contributed by atoms with Crippen LogP contribution in [0.2, 0.25) is 0 Å². The number of hydrogen-bond donors (Lipinski definition) is 2. The van der Waals surface area contributed by atoms with Crippen LogP contribution >= 0.6 is 0 Å². The molecule has 0 aromatic heterocycles. The van der Waals surface area contributed by atoms with Gasteiger partial charge in [0.05, 0.1) is 16.6 Å². The van der Waals surface area contributed by atoms with Crippen LogP contribution in [0.5, 0.6) is 0 Å². The van der Waals surface area contributed by atoms with Gasteiger partial charge < -0.3 is 10.4 Å². The van der Waals surface area contributed by atoms with Gasteiger partial charge in [0, 0.05) is 18.7 Å². The molecule has 19 heavy (non-hydrogen) atoms. The molecule has 0 amide bonds. The van der Waals surface area contributed by atoms with E-state index in [0.29, 0.717) is 12.1 Å². The van der Waals surface area contributed by atoms with Crippen molar-refractivity contribution in [2.75, 3.05) is 11.9 Å². The number of nitrogens with zero attached hydrogens (tertiary/aromatic N) is 2. The highest BCUT2D eigenvalue weighted by Crippen LogP contribution is 2.27. The van der Waals surface area contributed by atoms with Gasteiger partial charge in [-0.1, -0.05) is 13.8 Å². The Hall–Kier alpha value is -2.13. The first-order valence-electron chi connectivity index (χ1n) is 6.05. The van der Waals surface area contributed by atoms with E-state index in [2.05, 4.69) is 5.32 Å². The minimum absolute atomic E-state index is 0.0138. The van der Waals surface area contributed by atoms with E-state index in [1.54, 1.807) is 0 Å². The van der Waals surface area contributed by atoms with E-state index in [9.17, 15) is 10.1 Å². The van der Waals surface area contributed by atoms with E-state index in [1.807, 2.05) is 19.9 Å². The molecule has 0 aliphatic rings. The summed E-state index contributed by atoms with van der Waals surface area (Å²) in [6, 6.07) is 6.13. The lowest BCUT2D eigenvalue weighted by atomic mass is 10.0. The van der Waals surface area contributed by atoms with Crippen molar-refractivity contribution in [2.24, 2.45) is 5.92 Å². The van der Waals surface area contributed by atoms with Crippen molar-refractivity contribution < 1.29 is 10.0 Å². The maximum absolute atomic E-state index is 11.0.